The monoisotopic (exact) mass is 289 g/mol. The molecule has 0 aliphatic rings. The van der Waals surface area contributed by atoms with Gasteiger partial charge in [-0.15, -0.1) is 0 Å². The highest BCUT2D eigenvalue weighted by molar-refractivity contribution is 6.07. The molecule has 0 aliphatic carbocycles. The molecule has 0 bridgehead atoms. The lowest BCUT2D eigenvalue weighted by atomic mass is 10.1. The maximum Gasteiger partial charge on any atom is 0.259 e. The van der Waals surface area contributed by atoms with Crippen LogP contribution in [0.5, 0.6) is 23.0 Å². The van der Waals surface area contributed by atoms with Gasteiger partial charge in [-0.1, -0.05) is 0 Å². The molecule has 0 fully saturated rings. The van der Waals surface area contributed by atoms with Crippen LogP contribution in [-0.2, 0) is 0 Å². The highest BCUT2D eigenvalue weighted by atomic mass is 16.5. The van der Waals surface area contributed by atoms with E-state index in [1.165, 1.54) is 26.4 Å². The van der Waals surface area contributed by atoms with Gasteiger partial charge in [0, 0.05) is 12.1 Å². The molecule has 0 heterocycles. The summed E-state index contributed by atoms with van der Waals surface area (Å²) in [5, 5.41) is 21.5. The summed E-state index contributed by atoms with van der Waals surface area (Å²) in [4.78, 5) is 12.2. The number of rotatable bonds is 4. The Morgan fingerprint density at radius 2 is 1.81 bits per heavy atom. The van der Waals surface area contributed by atoms with Crippen LogP contribution in [0.15, 0.2) is 36.4 Å². The van der Waals surface area contributed by atoms with Gasteiger partial charge < -0.3 is 25.0 Å². The molecule has 0 radical (unpaired) electrons. The number of benzene rings is 2. The van der Waals surface area contributed by atoms with Crippen molar-refractivity contribution in [1.82, 2.24) is 0 Å². The molecule has 110 valence electrons. The van der Waals surface area contributed by atoms with Crippen molar-refractivity contribution < 1.29 is 24.5 Å². The first kappa shape index (κ1) is 14.5. The molecule has 0 spiro atoms. The summed E-state index contributed by atoms with van der Waals surface area (Å²) < 4.78 is 10.2. The standard InChI is InChI=1S/C15H15NO5/c1-20-10-4-6-14(21-2)12(8-10)16-15(19)11-5-3-9(17)7-13(11)18/h3-8,17-18H,1-2H3,(H,16,19). The fraction of sp³-hybridized carbons (Fsp3) is 0.133. The predicted octanol–water partition coefficient (Wildman–Crippen LogP) is 2.37. The van der Waals surface area contributed by atoms with Gasteiger partial charge in [-0.3, -0.25) is 4.79 Å². The van der Waals surface area contributed by atoms with Crippen LogP contribution in [0.1, 0.15) is 10.4 Å². The van der Waals surface area contributed by atoms with Gasteiger partial charge in [-0.25, -0.2) is 0 Å². The molecular weight excluding hydrogens is 274 g/mol. The van der Waals surface area contributed by atoms with Crippen LogP contribution >= 0.6 is 0 Å². The van der Waals surface area contributed by atoms with E-state index in [0.717, 1.165) is 6.07 Å². The lowest BCUT2D eigenvalue weighted by Gasteiger charge is -2.12. The normalized spacial score (nSPS) is 10.0. The third-order valence-corrected chi connectivity index (χ3v) is 2.88. The maximum atomic E-state index is 12.2. The van der Waals surface area contributed by atoms with E-state index < -0.39 is 5.91 Å². The molecule has 0 saturated carbocycles. The molecule has 0 aliphatic heterocycles. The summed E-state index contributed by atoms with van der Waals surface area (Å²) in [6.07, 6.45) is 0. The molecule has 2 rings (SSSR count). The summed E-state index contributed by atoms with van der Waals surface area (Å²) in [7, 11) is 2.99. The Morgan fingerprint density at radius 1 is 1.05 bits per heavy atom. The van der Waals surface area contributed by atoms with Gasteiger partial charge in [0.15, 0.2) is 0 Å². The zero-order valence-electron chi connectivity index (χ0n) is 11.6. The van der Waals surface area contributed by atoms with Gasteiger partial charge >= 0.3 is 0 Å². The first-order valence-corrected chi connectivity index (χ1v) is 6.10. The molecule has 0 saturated heterocycles. The van der Waals surface area contributed by atoms with Crippen molar-refractivity contribution in [1.29, 1.82) is 0 Å². The third-order valence-electron chi connectivity index (χ3n) is 2.88. The number of hydrogen-bond acceptors (Lipinski definition) is 5. The van der Waals surface area contributed by atoms with E-state index in [0.29, 0.717) is 17.2 Å². The van der Waals surface area contributed by atoms with E-state index in [2.05, 4.69) is 5.32 Å². The van der Waals surface area contributed by atoms with Crippen LogP contribution in [0.2, 0.25) is 0 Å². The number of phenols is 2. The maximum absolute atomic E-state index is 12.2. The molecule has 0 atom stereocenters. The number of amides is 1. The van der Waals surface area contributed by atoms with E-state index >= 15 is 0 Å². The number of hydrogen-bond donors (Lipinski definition) is 3. The van der Waals surface area contributed by atoms with Crippen LogP contribution < -0.4 is 14.8 Å². The van der Waals surface area contributed by atoms with E-state index in [1.54, 1.807) is 18.2 Å². The lowest BCUT2D eigenvalue weighted by molar-refractivity contribution is 0.102. The van der Waals surface area contributed by atoms with E-state index in [1.807, 2.05) is 0 Å². The fourth-order valence-electron chi connectivity index (χ4n) is 1.81. The van der Waals surface area contributed by atoms with Crippen molar-refractivity contribution in [3.05, 3.63) is 42.0 Å². The molecule has 6 heteroatoms. The molecule has 21 heavy (non-hydrogen) atoms. The number of phenolic OH excluding ortho intramolecular Hbond substituents is 2. The first-order chi connectivity index (χ1) is 10.0. The minimum Gasteiger partial charge on any atom is -0.508 e. The highest BCUT2D eigenvalue weighted by Gasteiger charge is 2.14. The molecule has 2 aromatic carbocycles. The predicted molar refractivity (Wildman–Crippen MR) is 77.3 cm³/mol. The van der Waals surface area contributed by atoms with Crippen LogP contribution in [0, 0.1) is 0 Å². The van der Waals surface area contributed by atoms with Crippen molar-refractivity contribution in [3.63, 3.8) is 0 Å². The van der Waals surface area contributed by atoms with E-state index in [-0.39, 0.29) is 17.1 Å². The molecule has 0 unspecified atom stereocenters. The van der Waals surface area contributed by atoms with Crippen molar-refractivity contribution in [3.8, 4) is 23.0 Å². The Bertz CT molecular complexity index is 669. The second kappa shape index (κ2) is 6.04. The first-order valence-electron chi connectivity index (χ1n) is 6.10. The summed E-state index contributed by atoms with van der Waals surface area (Å²) in [6.45, 7) is 0. The minimum atomic E-state index is -0.529. The smallest absolute Gasteiger partial charge is 0.259 e. The average Bonchev–Trinajstić information content (AvgIpc) is 2.46. The van der Waals surface area contributed by atoms with Crippen LogP contribution in [0.4, 0.5) is 5.69 Å². The summed E-state index contributed by atoms with van der Waals surface area (Å²) in [5.41, 5.74) is 0.451. The Labute approximate surface area is 121 Å². The van der Waals surface area contributed by atoms with Crippen LogP contribution in [-0.4, -0.2) is 30.3 Å². The van der Waals surface area contributed by atoms with Crippen LogP contribution in [0.3, 0.4) is 0 Å². The minimum absolute atomic E-state index is 0.0395. The zero-order valence-corrected chi connectivity index (χ0v) is 11.6. The molecule has 6 nitrogen and oxygen atoms in total. The zero-order chi connectivity index (χ0) is 15.4. The van der Waals surface area contributed by atoms with Crippen molar-refractivity contribution in [2.75, 3.05) is 19.5 Å². The van der Waals surface area contributed by atoms with Gasteiger partial charge in [0.1, 0.15) is 23.0 Å². The molecule has 3 N–H and O–H groups in total. The number of ether oxygens (including phenoxy) is 2. The highest BCUT2D eigenvalue weighted by Crippen LogP contribution is 2.30. The number of carbonyl (C=O) groups excluding carboxylic acids is 1. The van der Waals surface area contributed by atoms with Crippen molar-refractivity contribution in [2.24, 2.45) is 0 Å². The Hall–Kier alpha value is -2.89. The number of carbonyl (C=O) groups is 1. The van der Waals surface area contributed by atoms with Gasteiger partial charge in [-0.2, -0.15) is 0 Å². The Morgan fingerprint density at radius 3 is 2.43 bits per heavy atom. The summed E-state index contributed by atoms with van der Waals surface area (Å²) in [5.74, 6) is 0.0554. The number of nitrogens with one attached hydrogen (secondary N) is 1. The summed E-state index contributed by atoms with van der Waals surface area (Å²) >= 11 is 0. The molecular formula is C15H15NO5. The summed E-state index contributed by atoms with van der Waals surface area (Å²) in [6, 6.07) is 8.70. The fourth-order valence-corrected chi connectivity index (χ4v) is 1.81. The van der Waals surface area contributed by atoms with Gasteiger partial charge in [0.05, 0.1) is 25.5 Å². The largest absolute Gasteiger partial charge is 0.508 e. The average molecular weight is 289 g/mol. The Kier molecular flexibility index (Phi) is 4.18. The van der Waals surface area contributed by atoms with Crippen molar-refractivity contribution >= 4 is 11.6 Å². The van der Waals surface area contributed by atoms with E-state index in [9.17, 15) is 15.0 Å². The number of methoxy groups -OCH3 is 2. The SMILES string of the molecule is COc1ccc(OC)c(NC(=O)c2ccc(O)cc2O)c1. The number of anilines is 1. The van der Waals surface area contributed by atoms with Gasteiger partial charge in [-0.05, 0) is 24.3 Å². The quantitative estimate of drug-likeness (QED) is 0.804. The van der Waals surface area contributed by atoms with Crippen LogP contribution in [0.25, 0.3) is 0 Å². The molecule has 1 amide bonds. The lowest BCUT2D eigenvalue weighted by Crippen LogP contribution is -2.13. The third kappa shape index (κ3) is 3.17. The second-order valence-electron chi connectivity index (χ2n) is 4.22. The molecule has 0 aromatic heterocycles. The van der Waals surface area contributed by atoms with Gasteiger partial charge in [0.2, 0.25) is 0 Å². The van der Waals surface area contributed by atoms with Crippen molar-refractivity contribution in [2.45, 2.75) is 0 Å². The Balaban J connectivity index is 2.30. The topological polar surface area (TPSA) is 88.0 Å². The molecule has 2 aromatic rings. The van der Waals surface area contributed by atoms with Gasteiger partial charge in [0.25, 0.3) is 5.91 Å². The second-order valence-corrected chi connectivity index (χ2v) is 4.22. The number of aromatic hydroxyl groups is 2. The van der Waals surface area contributed by atoms with E-state index in [4.69, 9.17) is 9.47 Å².